The molecule has 1 aromatic carbocycles. The summed E-state index contributed by atoms with van der Waals surface area (Å²) in [5, 5.41) is 12.6. The molecule has 0 saturated carbocycles. The Morgan fingerprint density at radius 2 is 1.64 bits per heavy atom. The monoisotopic (exact) mass is 531 g/mol. The summed E-state index contributed by atoms with van der Waals surface area (Å²) in [6, 6.07) is 8.66. The zero-order valence-corrected chi connectivity index (χ0v) is 25.4. The average Bonchev–Trinajstić information content (AvgIpc) is 3.45. The number of aromatic nitrogens is 4. The summed E-state index contributed by atoms with van der Waals surface area (Å²) in [6.07, 6.45) is 10.1. The second-order valence-electron chi connectivity index (χ2n) is 8.92. The van der Waals surface area contributed by atoms with Crippen LogP contribution in [0.3, 0.4) is 0 Å². The molecule has 1 aliphatic rings. The lowest BCUT2D eigenvalue weighted by atomic mass is 9.86. The summed E-state index contributed by atoms with van der Waals surface area (Å²) in [5.74, 6) is 0. The molecule has 2 N–H and O–H groups in total. The van der Waals surface area contributed by atoms with Gasteiger partial charge in [0.05, 0.1) is 23.6 Å². The Morgan fingerprint density at radius 1 is 1.03 bits per heavy atom. The minimum atomic E-state index is 0.833. The molecule has 0 bridgehead atoms. The van der Waals surface area contributed by atoms with Crippen molar-refractivity contribution in [1.29, 1.82) is 0 Å². The number of hydrogen-bond acceptors (Lipinski definition) is 6. The van der Waals surface area contributed by atoms with Crippen LogP contribution < -0.4 is 5.32 Å². The van der Waals surface area contributed by atoms with Gasteiger partial charge in [-0.05, 0) is 70.7 Å². The van der Waals surface area contributed by atoms with Crippen molar-refractivity contribution in [3.8, 4) is 11.3 Å². The highest BCUT2D eigenvalue weighted by atomic mass is 15.1. The van der Waals surface area contributed by atoms with Crippen molar-refractivity contribution in [2.75, 3.05) is 34.2 Å². The quantitative estimate of drug-likeness (QED) is 0.214. The van der Waals surface area contributed by atoms with Crippen LogP contribution in [0, 0.1) is 6.92 Å². The molecule has 0 fully saturated rings. The summed E-state index contributed by atoms with van der Waals surface area (Å²) in [5.41, 5.74) is 8.20. The summed E-state index contributed by atoms with van der Waals surface area (Å²) >= 11 is 0. The number of hydrogen-bond donors (Lipinski definition) is 2. The van der Waals surface area contributed by atoms with Crippen LogP contribution in [0.25, 0.3) is 33.2 Å². The fourth-order valence-corrected chi connectivity index (χ4v) is 4.24. The van der Waals surface area contributed by atoms with Crippen LogP contribution in [0.15, 0.2) is 54.4 Å². The number of H-pyrrole nitrogens is 1. The lowest BCUT2D eigenvalue weighted by Crippen LogP contribution is -2.22. The Kier molecular flexibility index (Phi) is 16.0. The van der Waals surface area contributed by atoms with E-state index < -0.39 is 0 Å². The molecular weight excluding hydrogens is 482 g/mol. The molecule has 0 spiro atoms. The molecule has 0 radical (unpaired) electrons. The SMILES string of the molecule is C=CNCCN(C)C.C=NC.CC.CC.Cc1ccc(-c2nc3ncc4[nH]ncc4c3c3c2CCCC3)cc1. The molecule has 0 amide bonds. The zero-order valence-electron chi connectivity index (χ0n) is 25.4. The largest absolute Gasteiger partial charge is 0.390 e. The molecule has 7 heteroatoms. The van der Waals surface area contributed by atoms with Crippen molar-refractivity contribution in [3.05, 3.63) is 66.1 Å². The third kappa shape index (κ3) is 9.59. The number of aryl methyl sites for hydroxylation is 2. The first-order valence-electron chi connectivity index (χ1n) is 14.0. The van der Waals surface area contributed by atoms with Crippen LogP contribution in [0.5, 0.6) is 0 Å². The van der Waals surface area contributed by atoms with E-state index in [1.54, 1.807) is 13.2 Å². The lowest BCUT2D eigenvalue weighted by molar-refractivity contribution is 0.410. The van der Waals surface area contributed by atoms with Crippen molar-refractivity contribution in [2.45, 2.75) is 60.3 Å². The van der Waals surface area contributed by atoms with E-state index in [1.165, 1.54) is 40.5 Å². The topological polar surface area (TPSA) is 82.1 Å². The Bertz CT molecular complexity index is 1260. The number of rotatable bonds is 5. The van der Waals surface area contributed by atoms with E-state index in [0.717, 1.165) is 48.2 Å². The molecule has 0 atom stereocenters. The van der Waals surface area contributed by atoms with Crippen molar-refractivity contribution < 1.29 is 0 Å². The van der Waals surface area contributed by atoms with E-state index in [4.69, 9.17) is 4.98 Å². The van der Waals surface area contributed by atoms with E-state index in [-0.39, 0.29) is 0 Å². The number of fused-ring (bicyclic) bond motifs is 5. The van der Waals surface area contributed by atoms with E-state index in [1.807, 2.05) is 54.2 Å². The van der Waals surface area contributed by atoms with E-state index in [9.17, 15) is 0 Å². The van der Waals surface area contributed by atoms with Gasteiger partial charge in [0.1, 0.15) is 0 Å². The molecule has 5 rings (SSSR count). The summed E-state index contributed by atoms with van der Waals surface area (Å²) in [6.45, 7) is 18.8. The molecule has 1 aliphatic carbocycles. The molecule has 0 saturated heterocycles. The summed E-state index contributed by atoms with van der Waals surface area (Å²) in [7, 11) is 5.73. The van der Waals surface area contributed by atoms with E-state index in [0.29, 0.717) is 0 Å². The molecular formula is C32H49N7. The van der Waals surface area contributed by atoms with Gasteiger partial charge in [-0.3, -0.25) is 5.10 Å². The average molecular weight is 532 g/mol. The van der Waals surface area contributed by atoms with Gasteiger partial charge < -0.3 is 15.2 Å². The third-order valence-electron chi connectivity index (χ3n) is 5.92. The van der Waals surface area contributed by atoms with Gasteiger partial charge >= 0.3 is 0 Å². The highest BCUT2D eigenvalue weighted by Gasteiger charge is 2.21. The molecule has 3 aromatic heterocycles. The van der Waals surface area contributed by atoms with Crippen LogP contribution >= 0.6 is 0 Å². The van der Waals surface area contributed by atoms with Gasteiger partial charge in [0, 0.05) is 36.5 Å². The van der Waals surface area contributed by atoms with Crippen LogP contribution in [-0.4, -0.2) is 66.0 Å². The first-order valence-corrected chi connectivity index (χ1v) is 14.0. The van der Waals surface area contributed by atoms with E-state index in [2.05, 4.69) is 74.9 Å². The third-order valence-corrected chi connectivity index (χ3v) is 5.92. The maximum absolute atomic E-state index is 4.97. The van der Waals surface area contributed by atoms with Gasteiger partial charge in [0.2, 0.25) is 0 Å². The first kappa shape index (κ1) is 33.4. The Hall–Kier alpha value is -3.58. The maximum Gasteiger partial charge on any atom is 0.160 e. The van der Waals surface area contributed by atoms with Gasteiger partial charge in [-0.15, -0.1) is 0 Å². The highest BCUT2D eigenvalue weighted by Crippen LogP contribution is 2.36. The predicted octanol–water partition coefficient (Wildman–Crippen LogP) is 7.01. The number of likely N-dealkylation sites (N-methyl/N-ethyl adjacent to an activating group) is 1. The van der Waals surface area contributed by atoms with Crippen molar-refractivity contribution >= 4 is 28.7 Å². The fourth-order valence-electron chi connectivity index (χ4n) is 4.24. The number of benzene rings is 1. The molecule has 4 aromatic rings. The zero-order chi connectivity index (χ0) is 29.2. The smallest absolute Gasteiger partial charge is 0.160 e. The second-order valence-corrected chi connectivity index (χ2v) is 8.92. The standard InChI is InChI=1S/C20H18N4.C6H14N2.C2H5N.2C2H6/c1-12-6-8-13(9-7-12)19-15-5-3-2-4-14(15)18-16-10-22-24-17(16)11-21-20(18)23-19;1-4-7-5-6-8(2)3;1-3-2;2*1-2/h6-11H,2-5H2,1H3,(H,22,24);4,7H,1,5-6H2,2-3H3;1H2,2H3;2*1-2H3. The molecule has 39 heavy (non-hydrogen) atoms. The van der Waals surface area contributed by atoms with Gasteiger partial charge in [0.25, 0.3) is 0 Å². The van der Waals surface area contributed by atoms with E-state index >= 15 is 0 Å². The number of aliphatic imine (C=N–C) groups is 1. The molecule has 7 nitrogen and oxygen atoms in total. The van der Waals surface area contributed by atoms with Crippen LogP contribution in [0.2, 0.25) is 0 Å². The summed E-state index contributed by atoms with van der Waals surface area (Å²) in [4.78, 5) is 14.9. The first-order chi connectivity index (χ1) is 19.0. The number of nitrogens with one attached hydrogen (secondary N) is 2. The maximum atomic E-state index is 4.97. The van der Waals surface area contributed by atoms with Gasteiger partial charge in [-0.1, -0.05) is 64.1 Å². The second kappa shape index (κ2) is 18.6. The normalized spacial score (nSPS) is 11.3. The lowest BCUT2D eigenvalue weighted by Gasteiger charge is -2.21. The van der Waals surface area contributed by atoms with Crippen LogP contribution in [0.4, 0.5) is 0 Å². The van der Waals surface area contributed by atoms with Crippen molar-refractivity contribution in [3.63, 3.8) is 0 Å². The van der Waals surface area contributed by atoms with Crippen molar-refractivity contribution in [1.82, 2.24) is 30.4 Å². The molecule has 3 heterocycles. The Morgan fingerprint density at radius 3 is 2.23 bits per heavy atom. The number of aromatic amines is 1. The molecule has 0 unspecified atom stereocenters. The summed E-state index contributed by atoms with van der Waals surface area (Å²) < 4.78 is 0. The Labute approximate surface area is 235 Å². The fraction of sp³-hybridized carbons (Fsp3) is 0.438. The van der Waals surface area contributed by atoms with Crippen LogP contribution in [0.1, 0.15) is 57.2 Å². The van der Waals surface area contributed by atoms with Gasteiger partial charge in [0.15, 0.2) is 5.65 Å². The van der Waals surface area contributed by atoms with Crippen LogP contribution in [-0.2, 0) is 12.8 Å². The minimum absolute atomic E-state index is 0.833. The number of nitrogens with zero attached hydrogens (tertiary/aromatic N) is 5. The Balaban J connectivity index is 0.000000429. The van der Waals surface area contributed by atoms with Crippen molar-refractivity contribution in [2.24, 2.45) is 4.99 Å². The van der Waals surface area contributed by atoms with Gasteiger partial charge in [-0.25, -0.2) is 9.97 Å². The van der Waals surface area contributed by atoms with Gasteiger partial charge in [-0.2, -0.15) is 5.10 Å². The number of pyridine rings is 2. The predicted molar refractivity (Wildman–Crippen MR) is 171 cm³/mol. The minimum Gasteiger partial charge on any atom is -0.390 e. The molecule has 0 aliphatic heterocycles. The highest BCUT2D eigenvalue weighted by molar-refractivity contribution is 6.05. The molecule has 212 valence electrons.